The topological polar surface area (TPSA) is 54.0 Å². The molecule has 1 amide bonds. The van der Waals surface area contributed by atoms with E-state index in [0.717, 1.165) is 22.9 Å². The van der Waals surface area contributed by atoms with E-state index in [1.165, 1.54) is 23.5 Å². The number of carbonyl (C=O) groups excluding carboxylic acids is 1. The Morgan fingerprint density at radius 3 is 2.57 bits per heavy atom. The molecular formula is C17H22FN3OS. The first-order chi connectivity index (χ1) is 10.8. The van der Waals surface area contributed by atoms with Crippen LogP contribution in [0.25, 0.3) is 0 Å². The first kappa shape index (κ1) is 17.4. The maximum Gasteiger partial charge on any atom is 0.263 e. The summed E-state index contributed by atoms with van der Waals surface area (Å²) in [5.74, 6) is -0.386. The molecule has 0 unspecified atom stereocenters. The summed E-state index contributed by atoms with van der Waals surface area (Å²) in [7, 11) is 0. The highest BCUT2D eigenvalue weighted by Gasteiger charge is 2.24. The van der Waals surface area contributed by atoms with Crippen LogP contribution in [0.15, 0.2) is 24.3 Å². The molecule has 0 atom stereocenters. The molecule has 1 aromatic heterocycles. The Morgan fingerprint density at radius 2 is 1.96 bits per heavy atom. The quantitative estimate of drug-likeness (QED) is 0.845. The number of hydrogen-bond acceptors (Lipinski definition) is 4. The van der Waals surface area contributed by atoms with Gasteiger partial charge in [-0.2, -0.15) is 0 Å². The Hall–Kier alpha value is -1.95. The zero-order valence-corrected chi connectivity index (χ0v) is 14.7. The van der Waals surface area contributed by atoms with E-state index >= 15 is 0 Å². The normalized spacial score (nSPS) is 11.3. The number of thiazole rings is 1. The van der Waals surface area contributed by atoms with E-state index in [1.807, 2.05) is 27.7 Å². The maximum atomic E-state index is 13.0. The number of halogens is 1. The lowest BCUT2D eigenvalue weighted by molar-refractivity contribution is 0.0916. The average Bonchev–Trinajstić information content (AvgIpc) is 2.82. The summed E-state index contributed by atoms with van der Waals surface area (Å²) in [5.41, 5.74) is 1.26. The highest BCUT2D eigenvalue weighted by atomic mass is 32.1. The number of rotatable bonds is 6. The van der Waals surface area contributed by atoms with Gasteiger partial charge in [0.2, 0.25) is 0 Å². The molecule has 6 heteroatoms. The molecule has 4 nitrogen and oxygen atoms in total. The second-order valence-electron chi connectivity index (χ2n) is 6.11. The van der Waals surface area contributed by atoms with E-state index in [0.29, 0.717) is 11.3 Å². The summed E-state index contributed by atoms with van der Waals surface area (Å²) in [6.07, 6.45) is 0.622. The largest absolute Gasteiger partial charge is 0.362 e. The van der Waals surface area contributed by atoms with E-state index < -0.39 is 5.54 Å². The third kappa shape index (κ3) is 4.76. The molecule has 0 saturated carbocycles. The summed E-state index contributed by atoms with van der Waals surface area (Å²) in [5, 5.41) is 6.92. The number of aromatic nitrogens is 1. The summed E-state index contributed by atoms with van der Waals surface area (Å²) >= 11 is 1.36. The van der Waals surface area contributed by atoms with Gasteiger partial charge in [0.05, 0.1) is 5.69 Å². The monoisotopic (exact) mass is 335 g/mol. The standard InChI is InChI=1S/C17H22FN3OS/c1-5-19-16-20-11(2)14(23-16)15(22)21-17(3,4)10-12-6-8-13(18)9-7-12/h6-9H,5,10H2,1-4H3,(H,19,20)(H,21,22). The highest BCUT2D eigenvalue weighted by Crippen LogP contribution is 2.23. The minimum Gasteiger partial charge on any atom is -0.362 e. The zero-order valence-electron chi connectivity index (χ0n) is 13.9. The fraction of sp³-hybridized carbons (Fsp3) is 0.412. The summed E-state index contributed by atoms with van der Waals surface area (Å²) in [6, 6.07) is 6.35. The van der Waals surface area contributed by atoms with Crippen molar-refractivity contribution in [3.63, 3.8) is 0 Å². The van der Waals surface area contributed by atoms with Gasteiger partial charge in [0.15, 0.2) is 5.13 Å². The molecule has 0 radical (unpaired) electrons. The Labute approximate surface area is 140 Å². The van der Waals surface area contributed by atoms with Gasteiger partial charge >= 0.3 is 0 Å². The van der Waals surface area contributed by atoms with Crippen molar-refractivity contribution in [3.8, 4) is 0 Å². The number of benzene rings is 1. The van der Waals surface area contributed by atoms with Gasteiger partial charge in [-0.15, -0.1) is 0 Å². The minimum absolute atomic E-state index is 0.128. The Bertz CT molecular complexity index is 680. The number of aryl methyl sites for hydroxylation is 1. The van der Waals surface area contributed by atoms with Crippen LogP contribution >= 0.6 is 11.3 Å². The molecule has 0 aliphatic carbocycles. The molecule has 1 heterocycles. The van der Waals surface area contributed by atoms with E-state index in [1.54, 1.807) is 12.1 Å². The molecule has 0 aliphatic heterocycles. The maximum absolute atomic E-state index is 13.0. The van der Waals surface area contributed by atoms with Crippen LogP contribution in [0.3, 0.4) is 0 Å². The van der Waals surface area contributed by atoms with Gasteiger partial charge in [0, 0.05) is 12.1 Å². The van der Waals surface area contributed by atoms with Crippen molar-refractivity contribution < 1.29 is 9.18 Å². The Balaban J connectivity index is 2.07. The van der Waals surface area contributed by atoms with E-state index in [4.69, 9.17) is 0 Å². The fourth-order valence-electron chi connectivity index (χ4n) is 2.35. The third-order valence-electron chi connectivity index (χ3n) is 3.34. The number of anilines is 1. The second-order valence-corrected chi connectivity index (χ2v) is 7.10. The SMILES string of the molecule is CCNc1nc(C)c(C(=O)NC(C)(C)Cc2ccc(F)cc2)s1. The number of nitrogens with zero attached hydrogens (tertiary/aromatic N) is 1. The Kier molecular flexibility index (Phi) is 5.36. The number of carbonyl (C=O) groups is 1. The molecule has 2 aromatic rings. The second kappa shape index (κ2) is 7.08. The first-order valence-corrected chi connectivity index (χ1v) is 8.40. The van der Waals surface area contributed by atoms with Gasteiger partial charge in [-0.1, -0.05) is 23.5 Å². The molecule has 0 aliphatic rings. The molecule has 1 aromatic carbocycles. The van der Waals surface area contributed by atoms with Crippen LogP contribution in [0.4, 0.5) is 9.52 Å². The van der Waals surface area contributed by atoms with Gasteiger partial charge in [-0.05, 0) is 51.8 Å². The van der Waals surface area contributed by atoms with Crippen LogP contribution in [0.1, 0.15) is 41.7 Å². The summed E-state index contributed by atoms with van der Waals surface area (Å²) < 4.78 is 13.0. The van der Waals surface area contributed by atoms with Crippen LogP contribution in [0.5, 0.6) is 0 Å². The predicted octanol–water partition coefficient (Wildman–Crippen LogP) is 3.77. The molecule has 2 rings (SSSR count). The van der Waals surface area contributed by atoms with E-state index in [-0.39, 0.29) is 11.7 Å². The van der Waals surface area contributed by atoms with Crippen molar-refractivity contribution >= 4 is 22.4 Å². The smallest absolute Gasteiger partial charge is 0.263 e. The van der Waals surface area contributed by atoms with Crippen molar-refractivity contribution in [1.29, 1.82) is 0 Å². The van der Waals surface area contributed by atoms with Gasteiger partial charge in [0.25, 0.3) is 5.91 Å². The lowest BCUT2D eigenvalue weighted by Crippen LogP contribution is -2.45. The minimum atomic E-state index is -0.441. The molecular weight excluding hydrogens is 313 g/mol. The molecule has 0 spiro atoms. The zero-order chi connectivity index (χ0) is 17.0. The van der Waals surface area contributed by atoms with E-state index in [2.05, 4.69) is 15.6 Å². The molecule has 0 fully saturated rings. The molecule has 124 valence electrons. The van der Waals surface area contributed by atoms with Crippen LogP contribution in [-0.4, -0.2) is 23.0 Å². The molecule has 23 heavy (non-hydrogen) atoms. The predicted molar refractivity (Wildman–Crippen MR) is 92.7 cm³/mol. The number of amides is 1. The van der Waals surface area contributed by atoms with Crippen molar-refractivity contribution in [2.45, 2.75) is 39.7 Å². The van der Waals surface area contributed by atoms with Crippen LogP contribution in [-0.2, 0) is 6.42 Å². The van der Waals surface area contributed by atoms with Crippen LogP contribution < -0.4 is 10.6 Å². The van der Waals surface area contributed by atoms with Gasteiger partial charge in [-0.3, -0.25) is 4.79 Å². The summed E-state index contributed by atoms with van der Waals surface area (Å²) in [4.78, 5) is 17.5. The highest BCUT2D eigenvalue weighted by molar-refractivity contribution is 7.17. The molecule has 0 saturated heterocycles. The Morgan fingerprint density at radius 1 is 1.30 bits per heavy atom. The third-order valence-corrected chi connectivity index (χ3v) is 4.46. The van der Waals surface area contributed by atoms with Crippen molar-refractivity contribution in [2.75, 3.05) is 11.9 Å². The van der Waals surface area contributed by atoms with Crippen molar-refractivity contribution in [2.24, 2.45) is 0 Å². The number of nitrogens with one attached hydrogen (secondary N) is 2. The average molecular weight is 335 g/mol. The number of hydrogen-bond donors (Lipinski definition) is 2. The summed E-state index contributed by atoms with van der Waals surface area (Å²) in [6.45, 7) is 8.50. The van der Waals surface area contributed by atoms with Crippen LogP contribution in [0.2, 0.25) is 0 Å². The van der Waals surface area contributed by atoms with Gasteiger partial charge < -0.3 is 10.6 Å². The van der Waals surface area contributed by atoms with Crippen molar-refractivity contribution in [1.82, 2.24) is 10.3 Å². The van der Waals surface area contributed by atoms with Gasteiger partial charge in [0.1, 0.15) is 10.7 Å². The first-order valence-electron chi connectivity index (χ1n) is 7.59. The lowest BCUT2D eigenvalue weighted by atomic mass is 9.95. The van der Waals surface area contributed by atoms with Gasteiger partial charge in [-0.25, -0.2) is 9.37 Å². The van der Waals surface area contributed by atoms with E-state index in [9.17, 15) is 9.18 Å². The molecule has 0 bridgehead atoms. The molecule has 2 N–H and O–H groups in total. The van der Waals surface area contributed by atoms with Crippen LogP contribution in [0, 0.1) is 12.7 Å². The fourth-order valence-corrected chi connectivity index (χ4v) is 3.28. The van der Waals surface area contributed by atoms with Crippen molar-refractivity contribution in [3.05, 3.63) is 46.2 Å². The lowest BCUT2D eigenvalue weighted by Gasteiger charge is -2.26.